The van der Waals surface area contributed by atoms with Crippen LogP contribution in [0.2, 0.25) is 0 Å². The van der Waals surface area contributed by atoms with Gasteiger partial charge >= 0.3 is 0 Å². The van der Waals surface area contributed by atoms with Crippen LogP contribution in [0.4, 0.5) is 0 Å². The first-order valence-electron chi connectivity index (χ1n) is 9.89. The van der Waals surface area contributed by atoms with Crippen LogP contribution in [0.3, 0.4) is 0 Å². The highest BCUT2D eigenvalue weighted by molar-refractivity contribution is 14.0. The molecule has 27 heavy (non-hydrogen) atoms. The van der Waals surface area contributed by atoms with Crippen molar-refractivity contribution in [3.8, 4) is 0 Å². The lowest BCUT2D eigenvalue weighted by Crippen LogP contribution is -2.50. The highest BCUT2D eigenvalue weighted by atomic mass is 127. The molecule has 1 aliphatic heterocycles. The van der Waals surface area contributed by atoms with Crippen LogP contribution in [-0.2, 0) is 0 Å². The summed E-state index contributed by atoms with van der Waals surface area (Å²) in [5, 5.41) is 6.82. The van der Waals surface area contributed by atoms with Crippen molar-refractivity contribution in [2.45, 2.75) is 31.7 Å². The number of likely N-dealkylation sites (N-methyl/N-ethyl adjacent to an activating group) is 1. The number of halogens is 1. The maximum absolute atomic E-state index is 4.80. The van der Waals surface area contributed by atoms with E-state index in [2.05, 4.69) is 71.5 Å². The quantitative estimate of drug-likeness (QED) is 0.178. The molecule has 7 heteroatoms. The average molecular weight is 506 g/mol. The van der Waals surface area contributed by atoms with E-state index in [9.17, 15) is 0 Å². The molecule has 5 nitrogen and oxygen atoms in total. The first-order chi connectivity index (χ1) is 12.7. The Morgan fingerprint density at radius 3 is 2.44 bits per heavy atom. The lowest BCUT2D eigenvalue weighted by Gasteiger charge is -2.37. The molecule has 0 aliphatic carbocycles. The van der Waals surface area contributed by atoms with Gasteiger partial charge in [0.05, 0.1) is 6.54 Å². The van der Waals surface area contributed by atoms with Gasteiger partial charge in [-0.2, -0.15) is 0 Å². The third-order valence-electron chi connectivity index (χ3n) is 4.74. The van der Waals surface area contributed by atoms with E-state index >= 15 is 0 Å². The van der Waals surface area contributed by atoms with Crippen LogP contribution < -0.4 is 10.6 Å². The van der Waals surface area contributed by atoms with Crippen molar-refractivity contribution in [3.63, 3.8) is 0 Å². The van der Waals surface area contributed by atoms with Crippen LogP contribution in [0.5, 0.6) is 0 Å². The number of piperazine rings is 1. The van der Waals surface area contributed by atoms with Crippen molar-refractivity contribution in [1.82, 2.24) is 20.4 Å². The Bertz CT molecular complexity index is 520. The molecule has 0 amide bonds. The fourth-order valence-electron chi connectivity index (χ4n) is 3.06. The van der Waals surface area contributed by atoms with Crippen LogP contribution in [0.15, 0.2) is 40.2 Å². The first kappa shape index (κ1) is 24.5. The molecule has 2 rings (SSSR count). The lowest BCUT2D eigenvalue weighted by molar-refractivity contribution is 0.109. The number of aliphatic imine (C=N–C) groups is 1. The van der Waals surface area contributed by atoms with Crippen molar-refractivity contribution in [2.75, 3.05) is 58.1 Å². The van der Waals surface area contributed by atoms with E-state index in [-0.39, 0.29) is 24.0 Å². The zero-order chi connectivity index (χ0) is 18.6. The second-order valence-corrected chi connectivity index (χ2v) is 7.80. The molecule has 0 spiro atoms. The van der Waals surface area contributed by atoms with Gasteiger partial charge in [-0.15, -0.1) is 35.7 Å². The topological polar surface area (TPSA) is 42.9 Å². The SMILES string of the molecule is CCNC(=NCC(C)N1CCN(CC)CC1)NCCSc1ccccc1.I. The third kappa shape index (κ3) is 9.49. The second-order valence-electron chi connectivity index (χ2n) is 6.63. The van der Waals surface area contributed by atoms with Gasteiger partial charge in [-0.25, -0.2) is 0 Å². The van der Waals surface area contributed by atoms with Gasteiger partial charge in [0.15, 0.2) is 5.96 Å². The summed E-state index contributed by atoms with van der Waals surface area (Å²) >= 11 is 1.87. The molecule has 154 valence electrons. The van der Waals surface area contributed by atoms with Gasteiger partial charge in [0.1, 0.15) is 0 Å². The average Bonchev–Trinajstić information content (AvgIpc) is 2.70. The van der Waals surface area contributed by atoms with E-state index in [1.807, 2.05) is 11.8 Å². The van der Waals surface area contributed by atoms with Crippen LogP contribution in [0.1, 0.15) is 20.8 Å². The summed E-state index contributed by atoms with van der Waals surface area (Å²) in [6, 6.07) is 11.0. The minimum Gasteiger partial charge on any atom is -0.357 e. The van der Waals surface area contributed by atoms with Crippen LogP contribution in [-0.4, -0.2) is 79.9 Å². The Kier molecular flexibility index (Phi) is 13.2. The number of nitrogens with one attached hydrogen (secondary N) is 2. The largest absolute Gasteiger partial charge is 0.357 e. The van der Waals surface area contributed by atoms with Crippen molar-refractivity contribution in [3.05, 3.63) is 30.3 Å². The van der Waals surface area contributed by atoms with E-state index in [1.165, 1.54) is 18.0 Å². The maximum atomic E-state index is 4.80. The minimum absolute atomic E-state index is 0. The van der Waals surface area contributed by atoms with Gasteiger partial charge < -0.3 is 15.5 Å². The zero-order valence-electron chi connectivity index (χ0n) is 17.0. The molecule has 1 aromatic carbocycles. The number of hydrogen-bond acceptors (Lipinski definition) is 4. The summed E-state index contributed by atoms with van der Waals surface area (Å²) in [6.45, 7) is 15.1. The summed E-state index contributed by atoms with van der Waals surface area (Å²) < 4.78 is 0. The predicted octanol–water partition coefficient (Wildman–Crippen LogP) is 2.98. The summed E-state index contributed by atoms with van der Waals surface area (Å²) in [6.07, 6.45) is 0. The number of thioether (sulfide) groups is 1. The minimum atomic E-state index is 0. The van der Waals surface area contributed by atoms with Crippen LogP contribution >= 0.6 is 35.7 Å². The Labute approximate surface area is 186 Å². The normalized spacial score (nSPS) is 17.2. The van der Waals surface area contributed by atoms with Crippen molar-refractivity contribution in [1.29, 1.82) is 0 Å². The van der Waals surface area contributed by atoms with E-state index in [0.29, 0.717) is 6.04 Å². The van der Waals surface area contributed by atoms with Crippen LogP contribution in [0.25, 0.3) is 0 Å². The van der Waals surface area contributed by atoms with Crippen molar-refractivity contribution < 1.29 is 0 Å². The second kappa shape index (κ2) is 14.5. The van der Waals surface area contributed by atoms with Gasteiger partial charge in [0, 0.05) is 56.0 Å². The molecule has 0 bridgehead atoms. The molecule has 0 aromatic heterocycles. The molecule has 1 saturated heterocycles. The summed E-state index contributed by atoms with van der Waals surface area (Å²) in [7, 11) is 0. The molecule has 1 aromatic rings. The molecule has 2 N–H and O–H groups in total. The fraction of sp³-hybridized carbons (Fsp3) is 0.650. The van der Waals surface area contributed by atoms with Crippen molar-refractivity contribution in [2.24, 2.45) is 4.99 Å². The standard InChI is InChI=1S/C20H35N5S.HI/c1-4-21-20(22-11-16-26-19-9-7-6-8-10-19)23-17-18(3)25-14-12-24(5-2)13-15-25;/h6-10,18H,4-5,11-17H2,1-3H3,(H2,21,22,23);1H. The molecule has 1 fully saturated rings. The van der Waals surface area contributed by atoms with E-state index in [0.717, 1.165) is 51.0 Å². The van der Waals surface area contributed by atoms with Crippen molar-refractivity contribution >= 4 is 41.7 Å². The summed E-state index contributed by atoms with van der Waals surface area (Å²) in [5.74, 6) is 1.96. The highest BCUT2D eigenvalue weighted by Gasteiger charge is 2.19. The molecular weight excluding hydrogens is 469 g/mol. The molecular formula is C20H36IN5S. The Hall–Kier alpha value is -0.510. The molecule has 1 aliphatic rings. The summed E-state index contributed by atoms with van der Waals surface area (Å²) in [4.78, 5) is 11.2. The van der Waals surface area contributed by atoms with Crippen LogP contribution in [0, 0.1) is 0 Å². The van der Waals surface area contributed by atoms with E-state index < -0.39 is 0 Å². The number of rotatable bonds is 9. The molecule has 0 saturated carbocycles. The van der Waals surface area contributed by atoms with E-state index in [1.54, 1.807) is 0 Å². The zero-order valence-corrected chi connectivity index (χ0v) is 20.1. The smallest absolute Gasteiger partial charge is 0.191 e. The first-order valence-corrected chi connectivity index (χ1v) is 10.9. The molecule has 1 atom stereocenters. The maximum Gasteiger partial charge on any atom is 0.191 e. The van der Waals surface area contributed by atoms with Gasteiger partial charge in [0.25, 0.3) is 0 Å². The number of guanidine groups is 1. The number of benzene rings is 1. The Balaban J connectivity index is 0.00000364. The molecule has 1 unspecified atom stereocenters. The highest BCUT2D eigenvalue weighted by Crippen LogP contribution is 2.15. The van der Waals surface area contributed by atoms with Gasteiger partial charge in [0.2, 0.25) is 0 Å². The third-order valence-corrected chi connectivity index (χ3v) is 5.76. The lowest BCUT2D eigenvalue weighted by atomic mass is 10.2. The number of hydrogen-bond donors (Lipinski definition) is 2. The van der Waals surface area contributed by atoms with Gasteiger partial charge in [-0.05, 0) is 32.5 Å². The summed E-state index contributed by atoms with van der Waals surface area (Å²) in [5.41, 5.74) is 0. The monoisotopic (exact) mass is 505 g/mol. The Morgan fingerprint density at radius 2 is 1.81 bits per heavy atom. The number of nitrogens with zero attached hydrogens (tertiary/aromatic N) is 3. The molecule has 0 radical (unpaired) electrons. The predicted molar refractivity (Wildman–Crippen MR) is 130 cm³/mol. The van der Waals surface area contributed by atoms with Gasteiger partial charge in [-0.3, -0.25) is 9.89 Å². The molecule has 1 heterocycles. The fourth-order valence-corrected chi connectivity index (χ4v) is 3.85. The Morgan fingerprint density at radius 1 is 1.11 bits per heavy atom. The van der Waals surface area contributed by atoms with Gasteiger partial charge in [-0.1, -0.05) is 25.1 Å². The van der Waals surface area contributed by atoms with E-state index in [4.69, 9.17) is 4.99 Å².